The summed E-state index contributed by atoms with van der Waals surface area (Å²) in [5.74, 6) is -1.27. The maximum absolute atomic E-state index is 12.9. The first kappa shape index (κ1) is 23.5. The van der Waals surface area contributed by atoms with Gasteiger partial charge in [-0.05, 0) is 0 Å². The highest BCUT2D eigenvalue weighted by Gasteiger charge is 2.55. The zero-order valence-electron chi connectivity index (χ0n) is 18.4. The van der Waals surface area contributed by atoms with Gasteiger partial charge >= 0.3 is 5.97 Å². The molecule has 180 valence electrons. The Morgan fingerprint density at radius 2 is 2.24 bits per heavy atom. The second kappa shape index (κ2) is 9.30. The van der Waals surface area contributed by atoms with E-state index in [9.17, 15) is 19.5 Å². The molecule has 1 fully saturated rings. The number of fused-ring (bicyclic) bond motifs is 1. The maximum Gasteiger partial charge on any atom is 0.352 e. The second-order valence-electron chi connectivity index (χ2n) is 7.27. The molecule has 16 heteroatoms. The molecule has 0 bridgehead atoms. The van der Waals surface area contributed by atoms with Crippen LogP contribution in [0.2, 0.25) is 0 Å². The molecule has 0 saturated carbocycles. The first-order valence-corrected chi connectivity index (χ1v) is 11.7. The summed E-state index contributed by atoms with van der Waals surface area (Å²) < 4.78 is 7.64. The average molecular weight is 509 g/mol. The highest BCUT2D eigenvalue weighted by molar-refractivity contribution is 8.00. The van der Waals surface area contributed by atoms with Crippen LogP contribution in [0.15, 0.2) is 28.7 Å². The Labute approximate surface area is 201 Å². The molecule has 0 aliphatic carbocycles. The summed E-state index contributed by atoms with van der Waals surface area (Å²) in [6.07, 6.45) is 1.83. The van der Waals surface area contributed by atoms with Crippen molar-refractivity contribution in [3.8, 4) is 0 Å². The van der Waals surface area contributed by atoms with Crippen LogP contribution < -0.4 is 21.0 Å². The monoisotopic (exact) mass is 508 g/mol. The number of carbonyl (C=O) groups excluding carboxylic acids is 2. The molecule has 0 unspecified atom stereocenters. The fourth-order valence-corrected chi connectivity index (χ4v) is 5.49. The normalized spacial score (nSPS) is 20.0. The third-order valence-corrected chi connectivity index (χ3v) is 7.22. The molecule has 4 rings (SSSR count). The van der Waals surface area contributed by atoms with Gasteiger partial charge in [-0.15, -0.1) is 21.1 Å². The Bertz CT molecular complexity index is 1220. The summed E-state index contributed by atoms with van der Waals surface area (Å²) in [6, 6.07) is 0.925. The molecule has 0 aromatic carbocycles. The summed E-state index contributed by atoms with van der Waals surface area (Å²) in [6.45, 7) is 0.294. The SMILES string of the molecule is CNc1cc[n+](CC2=C(C(=O)O)N3C(=O)[C@@H](NC(=O)C(=NOC)c4nsc(N)n4)[C@H]3SC2)n1C. The van der Waals surface area contributed by atoms with Crippen molar-refractivity contribution in [1.29, 1.82) is 0 Å². The summed E-state index contributed by atoms with van der Waals surface area (Å²) >= 11 is 2.25. The number of oxime groups is 1. The number of nitrogens with one attached hydrogen (secondary N) is 2. The largest absolute Gasteiger partial charge is 0.477 e. The number of aromatic nitrogens is 4. The molecule has 2 aliphatic heterocycles. The molecule has 14 nitrogen and oxygen atoms in total. The lowest BCUT2D eigenvalue weighted by molar-refractivity contribution is -0.765. The van der Waals surface area contributed by atoms with E-state index in [2.05, 4.69) is 25.1 Å². The summed E-state index contributed by atoms with van der Waals surface area (Å²) in [5.41, 5.74) is 5.86. The van der Waals surface area contributed by atoms with Crippen molar-refractivity contribution in [2.24, 2.45) is 12.2 Å². The fraction of sp³-hybridized carbons (Fsp3) is 0.389. The molecule has 4 heterocycles. The molecule has 34 heavy (non-hydrogen) atoms. The number of hydrogen-bond acceptors (Lipinski definition) is 11. The predicted octanol–water partition coefficient (Wildman–Crippen LogP) is -1.42. The molecule has 2 aromatic rings. The Morgan fingerprint density at radius 1 is 1.47 bits per heavy atom. The summed E-state index contributed by atoms with van der Waals surface area (Å²) in [4.78, 5) is 47.7. The molecule has 2 aliphatic rings. The minimum absolute atomic E-state index is 0.0317. The van der Waals surface area contributed by atoms with E-state index in [0.717, 1.165) is 17.4 Å². The molecule has 1 saturated heterocycles. The summed E-state index contributed by atoms with van der Waals surface area (Å²) in [5, 5.41) is 18.7. The first-order valence-electron chi connectivity index (χ1n) is 9.91. The van der Waals surface area contributed by atoms with Crippen LogP contribution in [0.1, 0.15) is 5.82 Å². The number of anilines is 2. The van der Waals surface area contributed by atoms with E-state index < -0.39 is 29.2 Å². The average Bonchev–Trinajstić information content (AvgIpc) is 3.40. The van der Waals surface area contributed by atoms with E-state index in [-0.39, 0.29) is 22.4 Å². The molecule has 2 aromatic heterocycles. The number of nitrogens with zero attached hydrogens (tertiary/aromatic N) is 6. The number of carboxylic acids is 1. The summed E-state index contributed by atoms with van der Waals surface area (Å²) in [7, 11) is 4.89. The highest BCUT2D eigenvalue weighted by atomic mass is 32.2. The van der Waals surface area contributed by atoms with E-state index in [0.29, 0.717) is 17.9 Å². The molecule has 5 N–H and O–H groups in total. The molecular weight excluding hydrogens is 486 g/mol. The number of carboxylic acid groups (broad SMARTS) is 1. The Hall–Kier alpha value is -3.66. The fourth-order valence-electron chi connectivity index (χ4n) is 3.72. The minimum Gasteiger partial charge on any atom is -0.477 e. The number of aliphatic carboxylic acids is 1. The van der Waals surface area contributed by atoms with Gasteiger partial charge in [0.05, 0.1) is 13.1 Å². The van der Waals surface area contributed by atoms with E-state index in [1.807, 2.05) is 28.7 Å². The topological polar surface area (TPSA) is 181 Å². The van der Waals surface area contributed by atoms with E-state index in [4.69, 9.17) is 10.6 Å². The van der Waals surface area contributed by atoms with Crippen molar-refractivity contribution in [2.75, 3.05) is 31.0 Å². The molecule has 0 spiro atoms. The highest BCUT2D eigenvalue weighted by Crippen LogP contribution is 2.40. The minimum atomic E-state index is -1.20. The number of β-lactam (4-membered cyclic amide) rings is 1. The third-order valence-electron chi connectivity index (χ3n) is 5.34. The van der Waals surface area contributed by atoms with Gasteiger partial charge < -0.3 is 26.3 Å². The number of carbonyl (C=O) groups is 3. The standard InChI is InChI=1S/C18H21N9O5S2/c1-20-9-4-5-26(25(9)2)6-8-7-33-16-11(15(29)27(16)12(8)17(30)31)21-14(28)10(23-32-3)13-22-18(19)34-24-13/h4-5,11,16H,6-7H2,1-3H3,(H4,19,21,22,24,28,30,31)/p+1/t11-,16-/m1/s1. The quantitative estimate of drug-likeness (QED) is 0.143. The van der Waals surface area contributed by atoms with Crippen molar-refractivity contribution >= 4 is 57.7 Å². The van der Waals surface area contributed by atoms with Crippen molar-refractivity contribution in [3.63, 3.8) is 0 Å². The number of nitrogen functional groups attached to an aromatic ring is 1. The number of thioether (sulfide) groups is 1. The number of amides is 2. The first-order chi connectivity index (χ1) is 16.3. The van der Waals surface area contributed by atoms with Crippen LogP contribution in [0, 0.1) is 0 Å². The molecule has 2 amide bonds. The van der Waals surface area contributed by atoms with Gasteiger partial charge in [-0.3, -0.25) is 14.5 Å². The molecule has 0 radical (unpaired) electrons. The van der Waals surface area contributed by atoms with Gasteiger partial charge in [-0.2, -0.15) is 9.36 Å². The van der Waals surface area contributed by atoms with Crippen molar-refractivity contribution in [1.82, 2.24) is 24.3 Å². The molecule has 2 atom stereocenters. The van der Waals surface area contributed by atoms with Gasteiger partial charge in [0.1, 0.15) is 24.2 Å². The number of nitrogens with two attached hydrogens (primary N) is 1. The number of rotatable bonds is 8. The third kappa shape index (κ3) is 4.05. The molecular formula is C18H22N9O5S2+. The van der Waals surface area contributed by atoms with E-state index in [1.165, 1.54) is 23.8 Å². The van der Waals surface area contributed by atoms with Crippen LogP contribution in [-0.4, -0.2) is 78.9 Å². The predicted molar refractivity (Wildman–Crippen MR) is 123 cm³/mol. The van der Waals surface area contributed by atoms with Gasteiger partial charge in [0.25, 0.3) is 11.8 Å². The van der Waals surface area contributed by atoms with E-state index in [1.54, 1.807) is 7.05 Å². The van der Waals surface area contributed by atoms with E-state index >= 15 is 0 Å². The second-order valence-corrected chi connectivity index (χ2v) is 9.16. The zero-order chi connectivity index (χ0) is 24.6. The van der Waals surface area contributed by atoms with Crippen molar-refractivity contribution < 1.29 is 29.0 Å². The van der Waals surface area contributed by atoms with Crippen LogP contribution in [0.4, 0.5) is 10.9 Å². The lowest BCUT2D eigenvalue weighted by atomic mass is 10.0. The maximum atomic E-state index is 12.9. The Kier molecular flexibility index (Phi) is 6.43. The smallest absolute Gasteiger partial charge is 0.352 e. The van der Waals surface area contributed by atoms with Gasteiger partial charge in [-0.25, -0.2) is 4.79 Å². The van der Waals surface area contributed by atoms with Crippen LogP contribution >= 0.6 is 23.3 Å². The number of hydrogen-bond donors (Lipinski definition) is 4. The Morgan fingerprint density at radius 3 is 2.82 bits per heavy atom. The van der Waals surface area contributed by atoms with Crippen molar-refractivity contribution in [2.45, 2.75) is 18.0 Å². The van der Waals surface area contributed by atoms with Crippen LogP contribution in [0.5, 0.6) is 0 Å². The zero-order valence-corrected chi connectivity index (χ0v) is 20.0. The Balaban J connectivity index is 1.54. The van der Waals surface area contributed by atoms with Gasteiger partial charge in [0, 0.05) is 29.9 Å². The van der Waals surface area contributed by atoms with Gasteiger partial charge in [0.2, 0.25) is 11.5 Å². The van der Waals surface area contributed by atoms with Gasteiger partial charge in [0.15, 0.2) is 23.7 Å². The van der Waals surface area contributed by atoms with Crippen LogP contribution in [0.3, 0.4) is 0 Å². The van der Waals surface area contributed by atoms with Crippen LogP contribution in [-0.2, 0) is 32.8 Å². The lowest BCUT2D eigenvalue weighted by Gasteiger charge is -2.49. The van der Waals surface area contributed by atoms with Gasteiger partial charge in [-0.1, -0.05) is 5.16 Å². The van der Waals surface area contributed by atoms with Crippen LogP contribution in [0.25, 0.3) is 0 Å². The van der Waals surface area contributed by atoms with Crippen molar-refractivity contribution in [3.05, 3.63) is 29.4 Å². The lowest BCUT2D eigenvalue weighted by Crippen LogP contribution is -2.71.